The van der Waals surface area contributed by atoms with E-state index in [-0.39, 0.29) is 11.4 Å². The van der Waals surface area contributed by atoms with Crippen LogP contribution in [0.3, 0.4) is 0 Å². The van der Waals surface area contributed by atoms with Crippen molar-refractivity contribution in [3.63, 3.8) is 0 Å². The molecule has 0 aliphatic carbocycles. The molecule has 0 saturated heterocycles. The SMILES string of the molecule is CCC(C)(C)NCc1cccc(F)c1. The Kier molecular flexibility index (Phi) is 3.64. The van der Waals surface area contributed by atoms with Crippen molar-refractivity contribution in [1.29, 1.82) is 0 Å². The molecule has 0 amide bonds. The topological polar surface area (TPSA) is 12.0 Å². The quantitative estimate of drug-likeness (QED) is 0.778. The van der Waals surface area contributed by atoms with E-state index in [1.807, 2.05) is 6.07 Å². The molecule has 14 heavy (non-hydrogen) atoms. The monoisotopic (exact) mass is 195 g/mol. The van der Waals surface area contributed by atoms with Crippen LogP contribution in [-0.2, 0) is 6.54 Å². The summed E-state index contributed by atoms with van der Waals surface area (Å²) in [7, 11) is 0. The largest absolute Gasteiger partial charge is 0.308 e. The van der Waals surface area contributed by atoms with Gasteiger partial charge in [-0.25, -0.2) is 4.39 Å². The Morgan fingerprint density at radius 2 is 2.07 bits per heavy atom. The molecule has 0 aromatic heterocycles. The molecule has 0 heterocycles. The Balaban J connectivity index is 2.54. The zero-order valence-corrected chi connectivity index (χ0v) is 9.10. The van der Waals surface area contributed by atoms with Crippen molar-refractivity contribution >= 4 is 0 Å². The third-order valence-electron chi connectivity index (χ3n) is 2.54. The van der Waals surface area contributed by atoms with Crippen LogP contribution in [0, 0.1) is 5.82 Å². The van der Waals surface area contributed by atoms with Crippen LogP contribution in [0.1, 0.15) is 32.8 Å². The van der Waals surface area contributed by atoms with Crippen LogP contribution in [-0.4, -0.2) is 5.54 Å². The third-order valence-corrected chi connectivity index (χ3v) is 2.54. The number of hydrogen-bond acceptors (Lipinski definition) is 1. The number of hydrogen-bond donors (Lipinski definition) is 1. The second-order valence-electron chi connectivity index (χ2n) is 4.22. The summed E-state index contributed by atoms with van der Waals surface area (Å²) in [4.78, 5) is 0. The van der Waals surface area contributed by atoms with Gasteiger partial charge in [-0.3, -0.25) is 0 Å². The molecule has 0 unspecified atom stereocenters. The van der Waals surface area contributed by atoms with E-state index in [1.165, 1.54) is 6.07 Å². The van der Waals surface area contributed by atoms with E-state index >= 15 is 0 Å². The van der Waals surface area contributed by atoms with Gasteiger partial charge in [-0.15, -0.1) is 0 Å². The van der Waals surface area contributed by atoms with E-state index in [2.05, 4.69) is 26.1 Å². The van der Waals surface area contributed by atoms with Crippen LogP contribution in [0.4, 0.5) is 4.39 Å². The predicted molar refractivity (Wildman–Crippen MR) is 57.6 cm³/mol. The molecule has 0 radical (unpaired) electrons. The first-order valence-corrected chi connectivity index (χ1v) is 5.03. The Morgan fingerprint density at radius 1 is 1.36 bits per heavy atom. The average Bonchev–Trinajstić information content (AvgIpc) is 2.15. The van der Waals surface area contributed by atoms with E-state index < -0.39 is 0 Å². The highest BCUT2D eigenvalue weighted by atomic mass is 19.1. The van der Waals surface area contributed by atoms with Crippen molar-refractivity contribution in [2.75, 3.05) is 0 Å². The van der Waals surface area contributed by atoms with Gasteiger partial charge in [-0.05, 0) is 38.0 Å². The highest BCUT2D eigenvalue weighted by Crippen LogP contribution is 2.09. The van der Waals surface area contributed by atoms with Gasteiger partial charge in [0.1, 0.15) is 5.82 Å². The minimum Gasteiger partial charge on any atom is -0.308 e. The van der Waals surface area contributed by atoms with Crippen LogP contribution in [0.15, 0.2) is 24.3 Å². The zero-order valence-electron chi connectivity index (χ0n) is 9.10. The molecule has 1 rings (SSSR count). The molecule has 0 fully saturated rings. The minimum atomic E-state index is -0.168. The Labute approximate surface area is 85.3 Å². The zero-order chi connectivity index (χ0) is 10.6. The average molecular weight is 195 g/mol. The molecule has 2 heteroatoms. The van der Waals surface area contributed by atoms with Crippen LogP contribution >= 0.6 is 0 Å². The summed E-state index contributed by atoms with van der Waals surface area (Å²) < 4.78 is 12.8. The van der Waals surface area contributed by atoms with E-state index in [0.717, 1.165) is 18.5 Å². The lowest BCUT2D eigenvalue weighted by Gasteiger charge is -2.24. The summed E-state index contributed by atoms with van der Waals surface area (Å²) in [5.74, 6) is -0.168. The van der Waals surface area contributed by atoms with Gasteiger partial charge < -0.3 is 5.32 Å². The summed E-state index contributed by atoms with van der Waals surface area (Å²) in [5.41, 5.74) is 1.11. The van der Waals surface area contributed by atoms with Crippen molar-refractivity contribution in [1.82, 2.24) is 5.32 Å². The molecule has 78 valence electrons. The first-order valence-electron chi connectivity index (χ1n) is 5.03. The fourth-order valence-electron chi connectivity index (χ4n) is 1.11. The van der Waals surface area contributed by atoms with Crippen molar-refractivity contribution < 1.29 is 4.39 Å². The van der Waals surface area contributed by atoms with Gasteiger partial charge in [0, 0.05) is 12.1 Å². The third kappa shape index (κ3) is 3.46. The summed E-state index contributed by atoms with van der Waals surface area (Å²) >= 11 is 0. The summed E-state index contributed by atoms with van der Waals surface area (Å²) in [5, 5.41) is 3.39. The van der Waals surface area contributed by atoms with Gasteiger partial charge in [0.05, 0.1) is 0 Å². The fourth-order valence-corrected chi connectivity index (χ4v) is 1.11. The van der Waals surface area contributed by atoms with Crippen molar-refractivity contribution in [2.45, 2.75) is 39.3 Å². The highest BCUT2D eigenvalue weighted by molar-refractivity contribution is 5.16. The molecule has 0 spiro atoms. The summed E-state index contributed by atoms with van der Waals surface area (Å²) in [6, 6.07) is 6.71. The Morgan fingerprint density at radius 3 is 2.64 bits per heavy atom. The maximum atomic E-state index is 12.8. The second kappa shape index (κ2) is 4.56. The van der Waals surface area contributed by atoms with Crippen molar-refractivity contribution in [3.8, 4) is 0 Å². The molecule has 0 atom stereocenters. The van der Waals surface area contributed by atoms with Crippen LogP contribution < -0.4 is 5.32 Å². The standard InChI is InChI=1S/C12H18FN/c1-4-12(2,3)14-9-10-6-5-7-11(13)8-10/h5-8,14H,4,9H2,1-3H3. The first-order chi connectivity index (χ1) is 6.53. The van der Waals surface area contributed by atoms with Crippen LogP contribution in [0.5, 0.6) is 0 Å². The van der Waals surface area contributed by atoms with Crippen LogP contribution in [0.25, 0.3) is 0 Å². The van der Waals surface area contributed by atoms with E-state index in [1.54, 1.807) is 12.1 Å². The summed E-state index contributed by atoms with van der Waals surface area (Å²) in [6.07, 6.45) is 1.06. The minimum absolute atomic E-state index is 0.117. The van der Waals surface area contributed by atoms with Crippen molar-refractivity contribution in [3.05, 3.63) is 35.6 Å². The van der Waals surface area contributed by atoms with Gasteiger partial charge in [-0.2, -0.15) is 0 Å². The molecule has 1 aromatic rings. The van der Waals surface area contributed by atoms with Crippen molar-refractivity contribution in [2.24, 2.45) is 0 Å². The number of halogens is 1. The highest BCUT2D eigenvalue weighted by Gasteiger charge is 2.13. The normalized spacial score (nSPS) is 11.7. The molecule has 1 aromatic carbocycles. The van der Waals surface area contributed by atoms with Gasteiger partial charge in [-0.1, -0.05) is 19.1 Å². The fraction of sp³-hybridized carbons (Fsp3) is 0.500. The molecule has 0 saturated carbocycles. The molecular formula is C12H18FN. The maximum Gasteiger partial charge on any atom is 0.123 e. The summed E-state index contributed by atoms with van der Waals surface area (Å²) in [6.45, 7) is 7.15. The Hall–Kier alpha value is -0.890. The smallest absolute Gasteiger partial charge is 0.123 e. The van der Waals surface area contributed by atoms with E-state index in [0.29, 0.717) is 0 Å². The van der Waals surface area contributed by atoms with Gasteiger partial charge in [0.2, 0.25) is 0 Å². The van der Waals surface area contributed by atoms with Gasteiger partial charge in [0.25, 0.3) is 0 Å². The number of benzene rings is 1. The van der Waals surface area contributed by atoms with Gasteiger partial charge >= 0.3 is 0 Å². The second-order valence-corrected chi connectivity index (χ2v) is 4.22. The lowest BCUT2D eigenvalue weighted by molar-refractivity contribution is 0.374. The molecule has 0 aliphatic rings. The molecule has 0 bridgehead atoms. The number of rotatable bonds is 4. The molecule has 1 N–H and O–H groups in total. The van der Waals surface area contributed by atoms with Crippen LogP contribution in [0.2, 0.25) is 0 Å². The van der Waals surface area contributed by atoms with E-state index in [9.17, 15) is 4.39 Å². The lowest BCUT2D eigenvalue weighted by atomic mass is 10.0. The van der Waals surface area contributed by atoms with Gasteiger partial charge in [0.15, 0.2) is 0 Å². The molecular weight excluding hydrogens is 177 g/mol. The maximum absolute atomic E-state index is 12.8. The Bertz CT molecular complexity index is 294. The molecule has 0 aliphatic heterocycles. The number of nitrogens with one attached hydrogen (secondary N) is 1. The first kappa shape index (κ1) is 11.2. The lowest BCUT2D eigenvalue weighted by Crippen LogP contribution is -2.37. The van der Waals surface area contributed by atoms with E-state index in [4.69, 9.17) is 0 Å². The molecule has 1 nitrogen and oxygen atoms in total. The predicted octanol–water partition coefficient (Wildman–Crippen LogP) is 3.10.